The van der Waals surface area contributed by atoms with Gasteiger partial charge in [-0.1, -0.05) is 30.9 Å². The number of hydrogen-bond donors (Lipinski definition) is 1. The number of hydrogen-bond acceptors (Lipinski definition) is 5. The number of nitrogens with zero attached hydrogens (tertiary/aromatic N) is 3. The Kier molecular flexibility index (Phi) is 8.73. The van der Waals surface area contributed by atoms with Crippen molar-refractivity contribution in [2.24, 2.45) is 10.1 Å². The largest absolute Gasteiger partial charge is 0.341 e. The molecule has 2 rings (SSSR count). The van der Waals surface area contributed by atoms with Crippen LogP contribution >= 0.6 is 0 Å². The molecular formula is C25H27F3N4O. The van der Waals surface area contributed by atoms with Crippen molar-refractivity contribution >= 4 is 23.4 Å². The highest BCUT2D eigenvalue weighted by molar-refractivity contribution is 6.26. The molecule has 5 nitrogen and oxygen atoms in total. The van der Waals surface area contributed by atoms with E-state index >= 15 is 0 Å². The molecule has 0 fully saturated rings. The predicted octanol–water partition coefficient (Wildman–Crippen LogP) is 5.76. The average Bonchev–Trinajstić information content (AvgIpc) is 2.74. The van der Waals surface area contributed by atoms with Gasteiger partial charge in [0.25, 0.3) is 0 Å². The van der Waals surface area contributed by atoms with E-state index in [2.05, 4.69) is 28.6 Å². The third-order valence-corrected chi connectivity index (χ3v) is 4.59. The molecule has 0 spiro atoms. The number of aryl methyl sites for hydroxylation is 1. The first-order chi connectivity index (χ1) is 15.5. The maximum absolute atomic E-state index is 13.7. The molecule has 8 heteroatoms. The first-order valence-corrected chi connectivity index (χ1v) is 10.2. The summed E-state index contributed by atoms with van der Waals surface area (Å²) in [6.07, 6.45) is 1.06. The molecule has 2 aromatic rings. The number of ketones is 1. The molecule has 0 radical (unpaired) electrons. The summed E-state index contributed by atoms with van der Waals surface area (Å²) < 4.78 is 40.6. The maximum Gasteiger partial charge on any atom is 0.194 e. The molecule has 0 saturated heterocycles. The van der Waals surface area contributed by atoms with Crippen molar-refractivity contribution in [1.29, 1.82) is 0 Å². The summed E-state index contributed by atoms with van der Waals surface area (Å²) in [7, 11) is 0. The number of aliphatic imine (C=N–C) groups is 1. The highest BCUT2D eigenvalue weighted by atomic mass is 19.2. The number of nitrogens with one attached hydrogen (secondary N) is 1. The fraction of sp³-hybridized carbons (Fsp3) is 0.240. The van der Waals surface area contributed by atoms with Gasteiger partial charge in [-0.25, -0.2) is 18.2 Å². The van der Waals surface area contributed by atoms with Crippen LogP contribution in [0.1, 0.15) is 37.5 Å². The highest BCUT2D eigenvalue weighted by Crippen LogP contribution is 2.22. The summed E-state index contributed by atoms with van der Waals surface area (Å²) in [6, 6.07) is 7.49. The first kappa shape index (κ1) is 25.6. The summed E-state index contributed by atoms with van der Waals surface area (Å²) in [5.74, 6) is -4.26. The Balaban J connectivity index is 2.32. The second-order valence-electron chi connectivity index (χ2n) is 7.75. The van der Waals surface area contributed by atoms with E-state index < -0.39 is 17.5 Å². The molecule has 0 unspecified atom stereocenters. The zero-order chi connectivity index (χ0) is 24.7. The van der Waals surface area contributed by atoms with Gasteiger partial charge >= 0.3 is 0 Å². The molecule has 0 aliphatic carbocycles. The Morgan fingerprint density at radius 2 is 1.73 bits per heavy atom. The van der Waals surface area contributed by atoms with Gasteiger partial charge in [0.1, 0.15) is 5.82 Å². The smallest absolute Gasteiger partial charge is 0.194 e. The van der Waals surface area contributed by atoms with E-state index in [1.807, 2.05) is 39.0 Å². The second-order valence-corrected chi connectivity index (χ2v) is 7.75. The van der Waals surface area contributed by atoms with E-state index in [1.165, 1.54) is 11.9 Å². The molecule has 0 bridgehead atoms. The van der Waals surface area contributed by atoms with Gasteiger partial charge in [0.05, 0.1) is 19.3 Å². The third-order valence-electron chi connectivity index (χ3n) is 4.59. The van der Waals surface area contributed by atoms with Gasteiger partial charge in [-0.3, -0.25) is 9.79 Å². The SMILES string of the molecule is C=C(C)CN=C(C)c1ccc(C)c(NC(=C)N(Cc2cc(F)c(F)c(F)c2)/N=C\C(C)=O)c1. The number of benzene rings is 2. The highest BCUT2D eigenvalue weighted by Gasteiger charge is 2.15. The van der Waals surface area contributed by atoms with Crippen molar-refractivity contribution in [1.82, 2.24) is 5.01 Å². The van der Waals surface area contributed by atoms with Crippen LogP contribution in [0, 0.1) is 24.4 Å². The van der Waals surface area contributed by atoms with Crippen molar-refractivity contribution in [3.05, 3.63) is 89.0 Å². The molecule has 0 amide bonds. The van der Waals surface area contributed by atoms with Gasteiger partial charge in [-0.2, -0.15) is 5.10 Å². The monoisotopic (exact) mass is 456 g/mol. The Morgan fingerprint density at radius 1 is 1.09 bits per heavy atom. The van der Waals surface area contributed by atoms with E-state index in [-0.39, 0.29) is 23.7 Å². The van der Waals surface area contributed by atoms with Crippen LogP contribution in [0.25, 0.3) is 0 Å². The predicted molar refractivity (Wildman–Crippen MR) is 127 cm³/mol. The Morgan fingerprint density at radius 3 is 2.30 bits per heavy atom. The van der Waals surface area contributed by atoms with Crippen LogP contribution in [-0.2, 0) is 11.3 Å². The molecule has 0 atom stereocenters. The zero-order valence-electron chi connectivity index (χ0n) is 19.2. The summed E-state index contributed by atoms with van der Waals surface area (Å²) in [5, 5.41) is 8.45. The minimum atomic E-state index is -1.55. The van der Waals surface area contributed by atoms with E-state index in [0.717, 1.165) is 40.8 Å². The van der Waals surface area contributed by atoms with Gasteiger partial charge < -0.3 is 5.32 Å². The molecule has 0 aliphatic heterocycles. The fourth-order valence-corrected chi connectivity index (χ4v) is 2.78. The standard InChI is InChI=1S/C25H27F3N4O/c1-15(2)12-29-18(5)21-8-7-16(3)24(11-21)31-19(6)32(30-13-17(4)33)14-20-9-22(26)25(28)23(27)10-20/h7-11,13,31H,1,6,12,14H2,2-5H3/b29-18?,30-13-. The minimum Gasteiger partial charge on any atom is -0.341 e. The third kappa shape index (κ3) is 7.45. The number of carbonyl (C=O) groups is 1. The average molecular weight is 457 g/mol. The maximum atomic E-state index is 13.7. The molecule has 2 aromatic carbocycles. The van der Waals surface area contributed by atoms with Gasteiger partial charge in [-0.05, 0) is 55.7 Å². The van der Waals surface area contributed by atoms with Crippen LogP contribution in [0.5, 0.6) is 0 Å². The van der Waals surface area contributed by atoms with E-state index in [1.54, 1.807) is 0 Å². The molecular weight excluding hydrogens is 429 g/mol. The molecule has 0 aliphatic rings. The van der Waals surface area contributed by atoms with Gasteiger partial charge in [0.15, 0.2) is 23.2 Å². The lowest BCUT2D eigenvalue weighted by Gasteiger charge is -2.23. The lowest BCUT2D eigenvalue weighted by molar-refractivity contribution is -0.110. The molecule has 0 heterocycles. The summed E-state index contributed by atoms with van der Waals surface area (Å²) in [6.45, 7) is 15.2. The number of anilines is 1. The number of hydrazone groups is 1. The van der Waals surface area contributed by atoms with Crippen molar-refractivity contribution in [3.8, 4) is 0 Å². The quantitative estimate of drug-likeness (QED) is 0.214. The fourth-order valence-electron chi connectivity index (χ4n) is 2.78. The molecule has 33 heavy (non-hydrogen) atoms. The molecule has 1 N–H and O–H groups in total. The molecule has 0 aromatic heterocycles. The number of Topliss-reactive ketones (excluding diaryl/α,β-unsaturated/α-hetero) is 1. The molecule has 174 valence electrons. The molecule has 0 saturated carbocycles. The normalized spacial score (nSPS) is 11.5. The Labute approximate surface area is 192 Å². The van der Waals surface area contributed by atoms with Gasteiger partial charge in [0, 0.05) is 18.3 Å². The summed E-state index contributed by atoms with van der Waals surface area (Å²) in [5.41, 5.74) is 4.39. The van der Waals surface area contributed by atoms with Crippen LogP contribution < -0.4 is 5.32 Å². The van der Waals surface area contributed by atoms with E-state index in [0.29, 0.717) is 12.2 Å². The van der Waals surface area contributed by atoms with Crippen LogP contribution in [-0.4, -0.2) is 29.3 Å². The van der Waals surface area contributed by atoms with Crippen LogP contribution in [0.15, 0.2) is 65.0 Å². The van der Waals surface area contributed by atoms with E-state index in [9.17, 15) is 18.0 Å². The number of carbonyl (C=O) groups excluding carboxylic acids is 1. The van der Waals surface area contributed by atoms with Gasteiger partial charge in [-0.15, -0.1) is 0 Å². The van der Waals surface area contributed by atoms with Crippen molar-refractivity contribution in [2.75, 3.05) is 11.9 Å². The van der Waals surface area contributed by atoms with Crippen molar-refractivity contribution in [3.63, 3.8) is 0 Å². The van der Waals surface area contributed by atoms with E-state index in [4.69, 9.17) is 0 Å². The van der Waals surface area contributed by atoms with Crippen LogP contribution in [0.4, 0.5) is 18.9 Å². The van der Waals surface area contributed by atoms with Gasteiger partial charge in [0.2, 0.25) is 0 Å². The lowest BCUT2D eigenvalue weighted by atomic mass is 10.1. The van der Waals surface area contributed by atoms with Crippen LogP contribution in [0.2, 0.25) is 0 Å². The second kappa shape index (κ2) is 11.3. The summed E-state index contributed by atoms with van der Waals surface area (Å²) >= 11 is 0. The van der Waals surface area contributed by atoms with Crippen LogP contribution in [0.3, 0.4) is 0 Å². The van der Waals surface area contributed by atoms with Crippen molar-refractivity contribution < 1.29 is 18.0 Å². The lowest BCUT2D eigenvalue weighted by Crippen LogP contribution is -2.22. The topological polar surface area (TPSA) is 57.1 Å². The van der Waals surface area contributed by atoms with Crippen molar-refractivity contribution in [2.45, 2.75) is 34.2 Å². The Bertz CT molecular complexity index is 1120. The summed E-state index contributed by atoms with van der Waals surface area (Å²) in [4.78, 5) is 15.9. The minimum absolute atomic E-state index is 0.114. The number of halogens is 3. The zero-order valence-corrected chi connectivity index (χ0v) is 19.2. The Hall–Kier alpha value is -3.68. The number of rotatable bonds is 10. The first-order valence-electron chi connectivity index (χ1n) is 10.2.